The lowest BCUT2D eigenvalue weighted by molar-refractivity contribution is -0.157. The summed E-state index contributed by atoms with van der Waals surface area (Å²) in [5.74, 6) is -0.172. The fourth-order valence-corrected chi connectivity index (χ4v) is 5.92. The Kier molecular flexibility index (Phi) is 5.59. The highest BCUT2D eigenvalue weighted by Crippen LogP contribution is 2.54. The number of nitrogens with zero attached hydrogens (tertiary/aromatic N) is 1. The summed E-state index contributed by atoms with van der Waals surface area (Å²) >= 11 is 1.43. The average molecular weight is 445 g/mol. The minimum Gasteiger partial charge on any atom is -0.457 e. The minimum absolute atomic E-state index is 0.0645. The fraction of sp³-hybridized carbons (Fsp3) is 0.192. The van der Waals surface area contributed by atoms with Gasteiger partial charge in [-0.3, -0.25) is 9.69 Å². The molecule has 3 aliphatic rings. The quantitative estimate of drug-likeness (QED) is 0.416. The summed E-state index contributed by atoms with van der Waals surface area (Å²) < 4.78 is 5.28. The van der Waals surface area contributed by atoms with E-state index in [0.29, 0.717) is 4.91 Å². The molecule has 1 saturated carbocycles. The van der Waals surface area contributed by atoms with Gasteiger partial charge >= 0.3 is 5.97 Å². The molecule has 0 bridgehead atoms. The third-order valence-corrected chi connectivity index (χ3v) is 7.33. The second kappa shape index (κ2) is 8.41. The van der Waals surface area contributed by atoms with E-state index in [4.69, 9.17) is 4.74 Å². The Morgan fingerprint density at radius 1 is 1.19 bits per heavy atom. The van der Waals surface area contributed by atoms with Crippen LogP contribution in [0.15, 0.2) is 54.8 Å². The number of benzene rings is 2. The van der Waals surface area contributed by atoms with Crippen LogP contribution in [0.1, 0.15) is 18.1 Å². The molecule has 32 heavy (non-hydrogen) atoms. The number of thioether (sulfide) groups is 1. The van der Waals surface area contributed by atoms with Gasteiger partial charge in [0.2, 0.25) is 5.91 Å². The van der Waals surface area contributed by atoms with Crippen molar-refractivity contribution in [3.8, 4) is 0 Å². The molecule has 5 nitrogen and oxygen atoms in total. The molecular weight excluding hydrogens is 422 g/mol. The summed E-state index contributed by atoms with van der Waals surface area (Å²) in [6, 6.07) is 12.3. The van der Waals surface area contributed by atoms with Gasteiger partial charge in [0.05, 0.1) is 12.0 Å². The van der Waals surface area contributed by atoms with Crippen LogP contribution in [0.5, 0.6) is 0 Å². The summed E-state index contributed by atoms with van der Waals surface area (Å²) in [4.78, 5) is 27.7. The molecule has 2 fully saturated rings. The highest BCUT2D eigenvalue weighted by atomic mass is 32.2. The molecule has 6 heteroatoms. The third-order valence-electron chi connectivity index (χ3n) is 5.92. The number of carbonyl (C=O) groups excluding carboxylic acids is 2. The van der Waals surface area contributed by atoms with Crippen molar-refractivity contribution in [2.24, 2.45) is 5.92 Å². The van der Waals surface area contributed by atoms with Gasteiger partial charge < -0.3 is 9.84 Å². The molecule has 5 radical (unpaired) electrons. The molecule has 2 aromatic carbocycles. The highest BCUT2D eigenvalue weighted by Gasteiger charge is 2.58. The molecule has 3 atom stereocenters. The first-order valence-electron chi connectivity index (χ1n) is 10.5. The maximum atomic E-state index is 12.8. The number of esters is 1. The number of hydrogen-bond acceptors (Lipinski definition) is 5. The van der Waals surface area contributed by atoms with Crippen molar-refractivity contribution in [1.29, 1.82) is 0 Å². The van der Waals surface area contributed by atoms with Crippen molar-refractivity contribution in [3.63, 3.8) is 0 Å². The molecule has 2 aliphatic heterocycles. The van der Waals surface area contributed by atoms with E-state index in [1.54, 1.807) is 6.92 Å². The molecule has 2 aromatic rings. The number of aliphatic hydroxyl groups is 1. The molecular formula is C26H22NO4S. The van der Waals surface area contributed by atoms with Gasteiger partial charge in [0.15, 0.2) is 0 Å². The van der Waals surface area contributed by atoms with Crippen molar-refractivity contribution in [2.75, 3.05) is 6.61 Å². The van der Waals surface area contributed by atoms with Crippen LogP contribution in [0.3, 0.4) is 0 Å². The summed E-state index contributed by atoms with van der Waals surface area (Å²) in [7, 11) is 0. The van der Waals surface area contributed by atoms with Crippen molar-refractivity contribution in [2.45, 2.75) is 18.4 Å². The van der Waals surface area contributed by atoms with Crippen molar-refractivity contribution in [1.82, 2.24) is 4.90 Å². The predicted octanol–water partition coefficient (Wildman–Crippen LogP) is 3.90. The van der Waals surface area contributed by atoms with Crippen LogP contribution in [-0.2, 0) is 14.3 Å². The van der Waals surface area contributed by atoms with Gasteiger partial charge in [0, 0.05) is 10.8 Å². The summed E-state index contributed by atoms with van der Waals surface area (Å²) in [6.07, 6.45) is 8.91. The van der Waals surface area contributed by atoms with Crippen LogP contribution in [0, 0.1) is 37.5 Å². The smallest absolute Gasteiger partial charge is 0.356 e. The lowest BCUT2D eigenvalue weighted by Gasteiger charge is -2.43. The normalized spacial score (nSPS) is 23.9. The van der Waals surface area contributed by atoms with E-state index >= 15 is 0 Å². The van der Waals surface area contributed by atoms with Crippen molar-refractivity contribution >= 4 is 39.3 Å². The first kappa shape index (κ1) is 21.3. The van der Waals surface area contributed by atoms with Gasteiger partial charge in [-0.25, -0.2) is 4.79 Å². The van der Waals surface area contributed by atoms with E-state index < -0.39 is 18.0 Å². The van der Waals surface area contributed by atoms with Gasteiger partial charge in [-0.05, 0) is 60.6 Å². The number of carbonyl (C=O) groups is 2. The summed E-state index contributed by atoms with van der Waals surface area (Å²) in [5.41, 5.74) is 2.24. The van der Waals surface area contributed by atoms with Crippen LogP contribution in [-0.4, -0.2) is 40.0 Å². The molecule has 1 N–H and O–H groups in total. The molecule has 1 aliphatic carbocycles. The van der Waals surface area contributed by atoms with E-state index in [-0.39, 0.29) is 23.6 Å². The SMILES string of the molecule is C=CCOC(=O)C1=C(c2ccc3cc([C]4[CH][CH][CH][CH]4)ccc3c2)S[C@@H]2[C@@H]([C@@H](C)O)C(=O)N12. The van der Waals surface area contributed by atoms with Crippen LogP contribution in [0.25, 0.3) is 15.7 Å². The molecule has 0 spiro atoms. The average Bonchev–Trinajstić information content (AvgIpc) is 3.43. The molecule has 1 saturated heterocycles. The number of amides is 1. The first-order chi connectivity index (χ1) is 15.5. The van der Waals surface area contributed by atoms with Crippen LogP contribution < -0.4 is 0 Å². The van der Waals surface area contributed by atoms with E-state index in [1.807, 2.05) is 31.0 Å². The zero-order valence-electron chi connectivity index (χ0n) is 17.5. The van der Waals surface area contributed by atoms with Crippen LogP contribution in [0.4, 0.5) is 0 Å². The second-order valence-corrected chi connectivity index (χ2v) is 9.13. The Balaban J connectivity index is 1.52. The van der Waals surface area contributed by atoms with Gasteiger partial charge in [0.1, 0.15) is 17.7 Å². The van der Waals surface area contributed by atoms with Crippen molar-refractivity contribution < 1.29 is 19.4 Å². The van der Waals surface area contributed by atoms with Gasteiger partial charge in [0.25, 0.3) is 0 Å². The molecule has 0 aromatic heterocycles. The Bertz CT molecular complexity index is 1130. The Morgan fingerprint density at radius 2 is 1.84 bits per heavy atom. The number of rotatable bonds is 6. The Labute approximate surface area is 192 Å². The second-order valence-electron chi connectivity index (χ2n) is 8.00. The topological polar surface area (TPSA) is 66.8 Å². The van der Waals surface area contributed by atoms with E-state index in [9.17, 15) is 14.7 Å². The zero-order chi connectivity index (χ0) is 22.4. The Morgan fingerprint density at radius 3 is 2.50 bits per heavy atom. The van der Waals surface area contributed by atoms with Gasteiger partial charge in [-0.2, -0.15) is 0 Å². The fourth-order valence-electron chi connectivity index (χ4n) is 4.31. The van der Waals surface area contributed by atoms with E-state index in [1.165, 1.54) is 28.7 Å². The predicted molar refractivity (Wildman–Crippen MR) is 125 cm³/mol. The van der Waals surface area contributed by atoms with Gasteiger partial charge in [-0.1, -0.05) is 54.7 Å². The van der Waals surface area contributed by atoms with Crippen molar-refractivity contribution in [3.05, 3.63) is 97.5 Å². The molecule has 5 rings (SSSR count). The molecule has 1 amide bonds. The summed E-state index contributed by atoms with van der Waals surface area (Å²) in [6.45, 7) is 5.25. The molecule has 161 valence electrons. The number of ether oxygens (including phenoxy) is 1. The van der Waals surface area contributed by atoms with Crippen LogP contribution in [0.2, 0.25) is 0 Å². The standard InChI is InChI=1S/C26H22NO4S/c1-3-12-31-26(30)22-23(32-25-21(15(2)28)24(29)27(22)25)20-11-10-18-13-17(8-9-19(18)14-20)16-6-4-5-7-16/h3-11,13-15,21,25,28H,1,12H2,2H3/t15-,21+,25-/m1/s1. The third kappa shape index (κ3) is 3.46. The number of β-lactam (4-membered cyclic amide) rings is 1. The maximum absolute atomic E-state index is 12.8. The Hall–Kier alpha value is -2.57. The monoisotopic (exact) mass is 444 g/mol. The maximum Gasteiger partial charge on any atom is 0.356 e. The molecule has 0 unspecified atom stereocenters. The number of fused-ring (bicyclic) bond motifs is 2. The lowest BCUT2D eigenvalue weighted by Crippen LogP contribution is -2.60. The van der Waals surface area contributed by atoms with E-state index in [2.05, 4.69) is 37.6 Å². The largest absolute Gasteiger partial charge is 0.457 e. The molecule has 2 heterocycles. The summed E-state index contributed by atoms with van der Waals surface area (Å²) in [5, 5.41) is 11.9. The first-order valence-corrected chi connectivity index (χ1v) is 11.3. The number of aliphatic hydroxyl groups excluding tert-OH is 1. The number of hydrogen-bond donors (Lipinski definition) is 1. The van der Waals surface area contributed by atoms with Crippen LogP contribution >= 0.6 is 11.8 Å². The highest BCUT2D eigenvalue weighted by molar-refractivity contribution is 8.09. The van der Waals surface area contributed by atoms with Gasteiger partial charge in [-0.15, -0.1) is 0 Å². The van der Waals surface area contributed by atoms with E-state index in [0.717, 1.165) is 21.9 Å². The lowest BCUT2D eigenvalue weighted by atomic mass is 9.92. The minimum atomic E-state index is -0.785. The zero-order valence-corrected chi connectivity index (χ0v) is 18.3.